The second-order valence-corrected chi connectivity index (χ2v) is 9.62. The Hall–Kier alpha value is -2.37. The van der Waals surface area contributed by atoms with E-state index in [9.17, 15) is 4.79 Å². The molecule has 6 heteroatoms. The monoisotopic (exact) mass is 435 g/mol. The molecule has 0 bridgehead atoms. The number of benzene rings is 1. The van der Waals surface area contributed by atoms with E-state index in [2.05, 4.69) is 22.5 Å². The van der Waals surface area contributed by atoms with E-state index in [1.165, 1.54) is 6.42 Å². The van der Waals surface area contributed by atoms with Crippen molar-refractivity contribution >= 4 is 23.6 Å². The van der Waals surface area contributed by atoms with Crippen LogP contribution < -0.4 is 10.1 Å². The van der Waals surface area contributed by atoms with E-state index in [1.54, 1.807) is 0 Å². The molecule has 1 N–H and O–H groups in total. The summed E-state index contributed by atoms with van der Waals surface area (Å²) in [7, 11) is 0. The van der Waals surface area contributed by atoms with E-state index in [0.717, 1.165) is 72.7 Å². The Kier molecular flexibility index (Phi) is 4.77. The predicted molar refractivity (Wildman–Crippen MR) is 121 cm³/mol. The highest BCUT2D eigenvalue weighted by Crippen LogP contribution is 2.44. The zero-order chi connectivity index (χ0) is 20.9. The smallest absolute Gasteiger partial charge is 0.264 e. The van der Waals surface area contributed by atoms with Crippen LogP contribution in [0.4, 0.5) is 0 Å². The minimum absolute atomic E-state index is 0.120. The first-order chi connectivity index (χ1) is 15.2. The fourth-order valence-electron chi connectivity index (χ4n) is 5.49. The van der Waals surface area contributed by atoms with E-state index in [0.29, 0.717) is 23.3 Å². The third-order valence-corrected chi connectivity index (χ3v) is 7.50. The van der Waals surface area contributed by atoms with Gasteiger partial charge in [0.2, 0.25) is 0 Å². The predicted octanol–water partition coefficient (Wildman–Crippen LogP) is 3.73. The third-order valence-electron chi connectivity index (χ3n) is 7.28. The highest BCUT2D eigenvalue weighted by atomic mass is 35.5. The van der Waals surface area contributed by atoms with Crippen molar-refractivity contribution in [2.24, 2.45) is 11.8 Å². The van der Waals surface area contributed by atoms with Crippen molar-refractivity contribution in [1.82, 2.24) is 15.2 Å². The van der Waals surface area contributed by atoms with Gasteiger partial charge in [0.25, 0.3) is 5.91 Å². The Morgan fingerprint density at radius 2 is 2.13 bits per heavy atom. The molecule has 2 atom stereocenters. The lowest BCUT2D eigenvalue weighted by Crippen LogP contribution is -2.53. The lowest BCUT2D eigenvalue weighted by molar-refractivity contribution is -0.140. The topological polar surface area (TPSA) is 54.5 Å². The second kappa shape index (κ2) is 7.64. The summed E-state index contributed by atoms with van der Waals surface area (Å²) in [6.45, 7) is 3.87. The van der Waals surface area contributed by atoms with Crippen LogP contribution >= 0.6 is 11.6 Å². The zero-order valence-electron chi connectivity index (χ0n) is 17.4. The molecule has 1 amide bonds. The largest absolute Gasteiger partial charge is 0.479 e. The summed E-state index contributed by atoms with van der Waals surface area (Å²) < 4.78 is 6.35. The Labute approximate surface area is 187 Å². The van der Waals surface area contributed by atoms with Crippen LogP contribution in [0, 0.1) is 11.8 Å². The van der Waals surface area contributed by atoms with E-state index in [1.807, 2.05) is 29.3 Å². The van der Waals surface area contributed by atoms with Gasteiger partial charge in [0.05, 0.1) is 5.69 Å². The van der Waals surface area contributed by atoms with Crippen molar-refractivity contribution in [3.8, 4) is 16.9 Å². The van der Waals surface area contributed by atoms with Crippen molar-refractivity contribution in [3.05, 3.63) is 52.3 Å². The van der Waals surface area contributed by atoms with Gasteiger partial charge in [-0.1, -0.05) is 23.8 Å². The van der Waals surface area contributed by atoms with E-state index in [-0.39, 0.29) is 5.91 Å². The van der Waals surface area contributed by atoms with Crippen molar-refractivity contribution in [2.45, 2.75) is 31.8 Å². The number of fused-ring (bicyclic) bond motifs is 2. The Bertz CT molecular complexity index is 1080. The normalized spacial score (nSPS) is 24.5. The number of halogens is 1. The van der Waals surface area contributed by atoms with Crippen molar-refractivity contribution < 1.29 is 9.53 Å². The summed E-state index contributed by atoms with van der Waals surface area (Å²) in [5.41, 5.74) is 5.24. The number of carbonyl (C=O) groups excluding carboxylic acids is 1. The van der Waals surface area contributed by atoms with Crippen LogP contribution in [0.1, 0.15) is 29.7 Å². The summed E-state index contributed by atoms with van der Waals surface area (Å²) in [6.07, 6.45) is 9.36. The highest BCUT2D eigenvalue weighted by molar-refractivity contribution is 6.31. The maximum atomic E-state index is 13.4. The number of hydrogen-bond acceptors (Lipinski definition) is 4. The number of likely N-dealkylation sites (tertiary alicyclic amines) is 1. The number of ether oxygens (including phenoxy) is 1. The van der Waals surface area contributed by atoms with Gasteiger partial charge in [0.1, 0.15) is 5.75 Å². The number of nitrogens with zero attached hydrogens (tertiary/aromatic N) is 2. The average Bonchev–Trinajstić information content (AvgIpc) is 3.38. The summed E-state index contributed by atoms with van der Waals surface area (Å²) in [5.74, 6) is 2.24. The van der Waals surface area contributed by atoms with Crippen LogP contribution in [0.25, 0.3) is 17.2 Å². The summed E-state index contributed by atoms with van der Waals surface area (Å²) in [4.78, 5) is 19.9. The molecular weight excluding hydrogens is 410 g/mol. The molecule has 0 spiro atoms. The number of allylic oxidation sites excluding steroid dienone is 1. The number of piperidine rings is 1. The average molecular weight is 436 g/mol. The van der Waals surface area contributed by atoms with E-state index < -0.39 is 6.10 Å². The molecule has 1 aromatic carbocycles. The summed E-state index contributed by atoms with van der Waals surface area (Å²) in [6, 6.07) is 5.92. The minimum Gasteiger partial charge on any atom is -0.479 e. The SMILES string of the molecule is O=C(C1Cc2cc(Cl)cc(-c3ccnc4c3C=CC4)c2O1)N1CCCC(C2CNC2)C1. The third kappa shape index (κ3) is 3.35. The number of rotatable bonds is 3. The maximum absolute atomic E-state index is 13.4. The van der Waals surface area contributed by atoms with E-state index >= 15 is 0 Å². The molecule has 31 heavy (non-hydrogen) atoms. The minimum atomic E-state index is -0.462. The van der Waals surface area contributed by atoms with Gasteiger partial charge in [-0.2, -0.15) is 0 Å². The molecule has 1 aliphatic carbocycles. The molecule has 4 aliphatic rings. The van der Waals surface area contributed by atoms with Gasteiger partial charge in [-0.25, -0.2) is 0 Å². The zero-order valence-corrected chi connectivity index (χ0v) is 18.2. The first kappa shape index (κ1) is 19.3. The van der Waals surface area contributed by atoms with Gasteiger partial charge < -0.3 is 15.0 Å². The molecule has 6 rings (SSSR count). The van der Waals surface area contributed by atoms with Crippen LogP contribution in [0.15, 0.2) is 30.5 Å². The number of hydrogen-bond donors (Lipinski definition) is 1. The fraction of sp³-hybridized carbons (Fsp3) is 0.440. The van der Waals surface area contributed by atoms with E-state index in [4.69, 9.17) is 16.3 Å². The van der Waals surface area contributed by atoms with Gasteiger partial charge in [-0.3, -0.25) is 9.78 Å². The number of nitrogens with one attached hydrogen (secondary N) is 1. The molecule has 2 saturated heterocycles. The molecule has 3 aliphatic heterocycles. The first-order valence-corrected chi connectivity index (χ1v) is 11.7. The van der Waals surface area contributed by atoms with Gasteiger partial charge in [-0.05, 0) is 61.5 Å². The van der Waals surface area contributed by atoms with Crippen LogP contribution in [0.2, 0.25) is 5.02 Å². The quantitative estimate of drug-likeness (QED) is 0.798. The molecule has 0 radical (unpaired) electrons. The molecule has 160 valence electrons. The van der Waals surface area contributed by atoms with Crippen LogP contribution in [-0.4, -0.2) is 48.1 Å². The lowest BCUT2D eigenvalue weighted by atomic mass is 9.82. The fourth-order valence-corrected chi connectivity index (χ4v) is 5.73. The molecule has 2 fully saturated rings. The number of carbonyl (C=O) groups is 1. The Morgan fingerprint density at radius 3 is 2.97 bits per heavy atom. The molecule has 0 saturated carbocycles. The molecule has 1 aromatic heterocycles. The van der Waals surface area contributed by atoms with Gasteiger partial charge in [0, 0.05) is 53.8 Å². The second-order valence-electron chi connectivity index (χ2n) is 9.18. The number of amides is 1. The van der Waals surface area contributed by atoms with Gasteiger partial charge in [0.15, 0.2) is 6.10 Å². The number of aromatic nitrogens is 1. The van der Waals surface area contributed by atoms with Gasteiger partial charge in [-0.15, -0.1) is 0 Å². The Balaban J connectivity index is 1.27. The summed E-state index contributed by atoms with van der Waals surface area (Å²) in [5, 5.41) is 4.04. The molecular formula is C25H26ClN3O2. The summed E-state index contributed by atoms with van der Waals surface area (Å²) >= 11 is 6.49. The van der Waals surface area contributed by atoms with Gasteiger partial charge >= 0.3 is 0 Å². The van der Waals surface area contributed by atoms with Crippen molar-refractivity contribution in [2.75, 3.05) is 26.2 Å². The lowest BCUT2D eigenvalue weighted by Gasteiger charge is -2.41. The number of pyridine rings is 1. The maximum Gasteiger partial charge on any atom is 0.264 e. The van der Waals surface area contributed by atoms with Crippen molar-refractivity contribution in [1.29, 1.82) is 0 Å². The first-order valence-electron chi connectivity index (χ1n) is 11.3. The molecule has 5 nitrogen and oxygen atoms in total. The van der Waals surface area contributed by atoms with Crippen LogP contribution in [0.3, 0.4) is 0 Å². The molecule has 2 unspecified atom stereocenters. The molecule has 4 heterocycles. The Morgan fingerprint density at radius 1 is 1.23 bits per heavy atom. The standard InChI is InChI=1S/C25H26ClN3O2/c26-18-9-16-10-23(25(30)29-8-2-3-15(14-29)17-12-27-13-17)31-24(16)21(11-18)19-6-7-28-22-5-1-4-20(19)22/h1,4,6-7,9,11,15,17,23,27H,2-3,5,8,10,12-14H2. The van der Waals surface area contributed by atoms with Crippen LogP contribution in [-0.2, 0) is 17.6 Å². The van der Waals surface area contributed by atoms with Crippen LogP contribution in [0.5, 0.6) is 5.75 Å². The van der Waals surface area contributed by atoms with Crippen molar-refractivity contribution in [3.63, 3.8) is 0 Å². The highest BCUT2D eigenvalue weighted by Gasteiger charge is 2.38. The molecule has 2 aromatic rings.